The minimum atomic E-state index is 0.0357. The lowest BCUT2D eigenvalue weighted by Gasteiger charge is -2.37. The highest BCUT2D eigenvalue weighted by Crippen LogP contribution is 2.29. The summed E-state index contributed by atoms with van der Waals surface area (Å²) in [6, 6.07) is 13.7. The minimum absolute atomic E-state index is 0.0357. The highest BCUT2D eigenvalue weighted by Gasteiger charge is 2.31. The lowest BCUT2D eigenvalue weighted by molar-refractivity contribution is 0.0704. The molecule has 1 fully saturated rings. The van der Waals surface area contributed by atoms with Gasteiger partial charge in [0.2, 0.25) is 0 Å². The van der Waals surface area contributed by atoms with Gasteiger partial charge in [-0.3, -0.25) is 4.79 Å². The average molecular weight is 412 g/mol. The summed E-state index contributed by atoms with van der Waals surface area (Å²) in [6.07, 6.45) is 5.05. The van der Waals surface area contributed by atoms with Gasteiger partial charge >= 0.3 is 0 Å². The van der Waals surface area contributed by atoms with E-state index in [1.807, 2.05) is 65.3 Å². The first-order valence-electron chi connectivity index (χ1n) is 9.14. The largest absolute Gasteiger partial charge is 0.334 e. The molecule has 0 aliphatic carbocycles. The molecule has 6 nitrogen and oxygen atoms in total. The van der Waals surface area contributed by atoms with Crippen molar-refractivity contribution in [1.82, 2.24) is 24.9 Å². The van der Waals surface area contributed by atoms with Crippen LogP contribution >= 0.6 is 23.5 Å². The fourth-order valence-electron chi connectivity index (χ4n) is 3.14. The molecule has 1 amide bonds. The lowest BCUT2D eigenvalue weighted by atomic mass is 10.1. The van der Waals surface area contributed by atoms with Gasteiger partial charge in [0.05, 0.1) is 28.7 Å². The predicted molar refractivity (Wildman–Crippen MR) is 113 cm³/mol. The van der Waals surface area contributed by atoms with Crippen LogP contribution in [-0.2, 0) is 0 Å². The molecule has 2 atom stereocenters. The van der Waals surface area contributed by atoms with Crippen LogP contribution in [0.2, 0.25) is 0 Å². The predicted octanol–water partition coefficient (Wildman–Crippen LogP) is 3.40. The first kappa shape index (κ1) is 19.0. The molecule has 2 aromatic heterocycles. The Labute approximate surface area is 172 Å². The van der Waals surface area contributed by atoms with Crippen LogP contribution in [-0.4, -0.2) is 60.1 Å². The zero-order valence-electron chi connectivity index (χ0n) is 15.5. The maximum atomic E-state index is 13.4. The summed E-state index contributed by atoms with van der Waals surface area (Å²) in [5.41, 5.74) is 1.34. The smallest absolute Gasteiger partial charge is 0.256 e. The van der Waals surface area contributed by atoms with Crippen LogP contribution in [0.15, 0.2) is 66.1 Å². The van der Waals surface area contributed by atoms with Crippen molar-refractivity contribution in [1.29, 1.82) is 0 Å². The van der Waals surface area contributed by atoms with Gasteiger partial charge in [0.1, 0.15) is 0 Å². The maximum absolute atomic E-state index is 13.4. The van der Waals surface area contributed by atoms with E-state index in [-0.39, 0.29) is 11.9 Å². The van der Waals surface area contributed by atoms with Gasteiger partial charge in [-0.25, -0.2) is 4.98 Å². The van der Waals surface area contributed by atoms with Crippen LogP contribution in [0.3, 0.4) is 0 Å². The fourth-order valence-corrected chi connectivity index (χ4v) is 5.49. The molecule has 4 rings (SSSR count). The Balaban J connectivity index is 1.49. The standard InChI is InChI=1S/C20H21N5OS2/c1-15-13-27-16(14-28-19-8-4-5-9-21-19)12-24(15)20(26)17-6-2-3-7-18(17)25-22-10-11-23-25/h2-11,15-16H,12-14H2,1H3. The SMILES string of the molecule is CC1CSC(CSc2ccccn2)CN1C(=O)c1ccccc1-n1nccn1. The van der Waals surface area contributed by atoms with Crippen LogP contribution in [0.4, 0.5) is 0 Å². The fraction of sp³-hybridized carbons (Fsp3) is 0.300. The maximum Gasteiger partial charge on any atom is 0.256 e. The molecule has 28 heavy (non-hydrogen) atoms. The first-order chi connectivity index (χ1) is 13.7. The van der Waals surface area contributed by atoms with Crippen LogP contribution in [0, 0.1) is 0 Å². The second kappa shape index (κ2) is 8.79. The van der Waals surface area contributed by atoms with E-state index in [1.54, 1.807) is 24.2 Å². The molecule has 0 saturated carbocycles. The Morgan fingerprint density at radius 1 is 1.14 bits per heavy atom. The van der Waals surface area contributed by atoms with Crippen molar-refractivity contribution in [3.8, 4) is 5.69 Å². The first-order valence-corrected chi connectivity index (χ1v) is 11.2. The third kappa shape index (κ3) is 4.23. The number of nitrogens with zero attached hydrogens (tertiary/aromatic N) is 5. The van der Waals surface area contributed by atoms with Crippen molar-refractivity contribution in [3.63, 3.8) is 0 Å². The van der Waals surface area contributed by atoms with E-state index in [0.29, 0.717) is 16.5 Å². The molecule has 0 bridgehead atoms. The number of carbonyl (C=O) groups is 1. The summed E-state index contributed by atoms with van der Waals surface area (Å²) in [4.78, 5) is 21.2. The molecule has 0 spiro atoms. The monoisotopic (exact) mass is 411 g/mol. The molecule has 144 valence electrons. The summed E-state index contributed by atoms with van der Waals surface area (Å²) in [7, 11) is 0. The van der Waals surface area contributed by atoms with E-state index in [1.165, 1.54) is 4.80 Å². The molecule has 1 saturated heterocycles. The van der Waals surface area contributed by atoms with Crippen molar-refractivity contribution >= 4 is 29.4 Å². The number of thioether (sulfide) groups is 2. The van der Waals surface area contributed by atoms with E-state index in [0.717, 1.165) is 23.1 Å². The number of rotatable bonds is 5. The van der Waals surface area contributed by atoms with Crippen molar-refractivity contribution in [2.75, 3.05) is 18.1 Å². The second-order valence-electron chi connectivity index (χ2n) is 6.58. The third-order valence-electron chi connectivity index (χ3n) is 4.59. The molecule has 1 aliphatic rings. The van der Waals surface area contributed by atoms with Gasteiger partial charge in [-0.15, -0.1) is 11.8 Å². The van der Waals surface area contributed by atoms with Crippen molar-refractivity contribution in [3.05, 3.63) is 66.6 Å². The zero-order chi connectivity index (χ0) is 19.3. The van der Waals surface area contributed by atoms with Crippen LogP contribution in [0.25, 0.3) is 5.69 Å². The number of hydrogen-bond acceptors (Lipinski definition) is 6. The second-order valence-corrected chi connectivity index (χ2v) is 8.95. The highest BCUT2D eigenvalue weighted by atomic mass is 32.2. The summed E-state index contributed by atoms with van der Waals surface area (Å²) in [5.74, 6) is 1.90. The van der Waals surface area contributed by atoms with E-state index >= 15 is 0 Å². The van der Waals surface area contributed by atoms with Gasteiger partial charge in [-0.2, -0.15) is 26.8 Å². The van der Waals surface area contributed by atoms with Crippen molar-refractivity contribution < 1.29 is 4.79 Å². The number of amides is 1. The molecule has 8 heteroatoms. The van der Waals surface area contributed by atoms with Gasteiger partial charge in [0.25, 0.3) is 5.91 Å². The number of benzene rings is 1. The van der Waals surface area contributed by atoms with Crippen molar-refractivity contribution in [2.24, 2.45) is 0 Å². The summed E-state index contributed by atoms with van der Waals surface area (Å²) >= 11 is 3.68. The highest BCUT2D eigenvalue weighted by molar-refractivity contribution is 8.03. The summed E-state index contributed by atoms with van der Waals surface area (Å²) in [5, 5.41) is 9.78. The number of para-hydroxylation sites is 1. The van der Waals surface area contributed by atoms with Gasteiger partial charge in [0, 0.05) is 35.5 Å². The molecule has 2 unspecified atom stereocenters. The van der Waals surface area contributed by atoms with E-state index in [2.05, 4.69) is 22.1 Å². The quantitative estimate of drug-likeness (QED) is 0.600. The Morgan fingerprint density at radius 3 is 2.71 bits per heavy atom. The van der Waals surface area contributed by atoms with Crippen LogP contribution in [0.5, 0.6) is 0 Å². The molecule has 1 aromatic carbocycles. The Hall–Kier alpha value is -2.32. The van der Waals surface area contributed by atoms with Gasteiger partial charge in [-0.05, 0) is 31.2 Å². The van der Waals surface area contributed by atoms with Gasteiger partial charge < -0.3 is 4.90 Å². The van der Waals surface area contributed by atoms with Gasteiger partial charge in [0.15, 0.2) is 0 Å². The van der Waals surface area contributed by atoms with Crippen LogP contribution in [0.1, 0.15) is 17.3 Å². The molecule has 0 N–H and O–H groups in total. The van der Waals surface area contributed by atoms with Gasteiger partial charge in [-0.1, -0.05) is 18.2 Å². The number of pyridine rings is 1. The van der Waals surface area contributed by atoms with Crippen molar-refractivity contribution in [2.45, 2.75) is 23.2 Å². The normalized spacial score (nSPS) is 19.5. The average Bonchev–Trinajstić information content (AvgIpc) is 3.28. The molecular formula is C20H21N5OS2. The molecule has 0 radical (unpaired) electrons. The third-order valence-corrected chi connectivity index (χ3v) is 7.37. The van der Waals surface area contributed by atoms with Crippen LogP contribution < -0.4 is 0 Å². The topological polar surface area (TPSA) is 63.9 Å². The molecule has 3 heterocycles. The lowest BCUT2D eigenvalue weighted by Crippen LogP contribution is -2.48. The Bertz CT molecular complexity index is 919. The zero-order valence-corrected chi connectivity index (χ0v) is 17.1. The Kier molecular flexibility index (Phi) is 5.97. The van der Waals surface area contributed by atoms with E-state index in [9.17, 15) is 4.79 Å². The Morgan fingerprint density at radius 2 is 1.93 bits per heavy atom. The number of carbonyl (C=O) groups excluding carboxylic acids is 1. The number of hydrogen-bond donors (Lipinski definition) is 0. The molecule has 1 aliphatic heterocycles. The summed E-state index contributed by atoms with van der Waals surface area (Å²) < 4.78 is 0. The van der Waals surface area contributed by atoms with E-state index < -0.39 is 0 Å². The number of aromatic nitrogens is 4. The molecule has 3 aromatic rings. The molecular weight excluding hydrogens is 390 g/mol. The summed E-state index contributed by atoms with van der Waals surface area (Å²) in [6.45, 7) is 2.84. The van der Waals surface area contributed by atoms with E-state index in [4.69, 9.17) is 0 Å². The minimum Gasteiger partial charge on any atom is -0.334 e.